The summed E-state index contributed by atoms with van der Waals surface area (Å²) in [5.41, 5.74) is 6.24. The lowest BCUT2D eigenvalue weighted by Crippen LogP contribution is -2.45. The van der Waals surface area contributed by atoms with Gasteiger partial charge in [0.25, 0.3) is 0 Å². The van der Waals surface area contributed by atoms with Crippen LogP contribution < -0.4 is 11.1 Å². The predicted octanol–water partition coefficient (Wildman–Crippen LogP) is 1.81. The number of halogens is 2. The van der Waals surface area contributed by atoms with Crippen LogP contribution in [0, 0.1) is 5.41 Å². The van der Waals surface area contributed by atoms with Gasteiger partial charge in [0.05, 0.1) is 5.56 Å². The van der Waals surface area contributed by atoms with Gasteiger partial charge in [0.1, 0.15) is 22.6 Å². The summed E-state index contributed by atoms with van der Waals surface area (Å²) < 4.78 is 0.124. The fourth-order valence-corrected chi connectivity index (χ4v) is 3.03. The van der Waals surface area contributed by atoms with Gasteiger partial charge in [-0.1, -0.05) is 0 Å². The quantitative estimate of drug-likeness (QED) is 0.526. The van der Waals surface area contributed by atoms with Crippen LogP contribution in [0.3, 0.4) is 0 Å². The van der Waals surface area contributed by atoms with E-state index in [0.717, 1.165) is 19.4 Å². The summed E-state index contributed by atoms with van der Waals surface area (Å²) in [7, 11) is 0. The van der Waals surface area contributed by atoms with Crippen molar-refractivity contribution in [3.8, 4) is 0 Å². The van der Waals surface area contributed by atoms with Crippen LogP contribution in [-0.2, 0) is 4.79 Å². The average Bonchev–Trinajstić information content (AvgIpc) is 2.47. The Morgan fingerprint density at radius 1 is 1.59 bits per heavy atom. The number of anilines is 2. The number of nitrogens with two attached hydrogens (primary N) is 1. The Morgan fingerprint density at radius 2 is 2.36 bits per heavy atom. The van der Waals surface area contributed by atoms with Gasteiger partial charge in [0, 0.05) is 31.4 Å². The largest absolute Gasteiger partial charge is 0.383 e. The summed E-state index contributed by atoms with van der Waals surface area (Å²) >= 11 is 8.74. The molecule has 1 amide bonds. The SMILES string of the molecule is N=C(Br)c1c(N)ncnc1NC1CCCN(C(=O)CCCl)C1. The van der Waals surface area contributed by atoms with Crippen LogP contribution in [0.1, 0.15) is 24.8 Å². The van der Waals surface area contributed by atoms with Crippen molar-refractivity contribution in [2.75, 3.05) is 30.0 Å². The highest BCUT2D eigenvalue weighted by Crippen LogP contribution is 2.23. The summed E-state index contributed by atoms with van der Waals surface area (Å²) in [6.07, 6.45) is 3.54. The molecule has 0 aromatic carbocycles. The summed E-state index contributed by atoms with van der Waals surface area (Å²) in [5.74, 6) is 1.15. The molecule has 1 fully saturated rings. The number of hydrogen-bond donors (Lipinski definition) is 3. The Hall–Kier alpha value is -1.41. The molecule has 1 aromatic heterocycles. The van der Waals surface area contributed by atoms with Gasteiger partial charge in [-0.25, -0.2) is 9.97 Å². The monoisotopic (exact) mass is 388 g/mol. The zero-order valence-corrected chi connectivity index (χ0v) is 14.3. The van der Waals surface area contributed by atoms with E-state index in [4.69, 9.17) is 22.7 Å². The van der Waals surface area contributed by atoms with E-state index in [0.29, 0.717) is 30.2 Å². The number of nitrogen functional groups attached to an aromatic ring is 1. The van der Waals surface area contributed by atoms with Gasteiger partial charge in [-0.05, 0) is 28.8 Å². The van der Waals surface area contributed by atoms with E-state index in [1.165, 1.54) is 6.33 Å². The summed E-state index contributed by atoms with van der Waals surface area (Å²) in [6, 6.07) is 0.0629. The van der Waals surface area contributed by atoms with Crippen LogP contribution in [0.2, 0.25) is 0 Å². The number of piperidine rings is 1. The van der Waals surface area contributed by atoms with Crippen molar-refractivity contribution in [2.24, 2.45) is 0 Å². The van der Waals surface area contributed by atoms with Crippen molar-refractivity contribution in [1.82, 2.24) is 14.9 Å². The smallest absolute Gasteiger partial charge is 0.223 e. The number of carbonyl (C=O) groups excluding carboxylic acids is 1. The Kier molecular flexibility index (Phi) is 5.96. The number of alkyl halides is 1. The van der Waals surface area contributed by atoms with E-state index in [-0.39, 0.29) is 22.4 Å². The van der Waals surface area contributed by atoms with Crippen LogP contribution >= 0.6 is 27.5 Å². The number of likely N-dealkylation sites (tertiary alicyclic amines) is 1. The molecule has 0 aliphatic carbocycles. The van der Waals surface area contributed by atoms with Gasteiger partial charge in [0.2, 0.25) is 5.91 Å². The first-order chi connectivity index (χ1) is 10.5. The van der Waals surface area contributed by atoms with Gasteiger partial charge in [-0.3, -0.25) is 10.2 Å². The van der Waals surface area contributed by atoms with E-state index in [1.807, 2.05) is 4.90 Å². The molecule has 0 radical (unpaired) electrons. The number of rotatable bonds is 5. The van der Waals surface area contributed by atoms with Crippen molar-refractivity contribution < 1.29 is 4.79 Å². The van der Waals surface area contributed by atoms with Crippen molar-refractivity contribution >= 4 is 49.7 Å². The lowest BCUT2D eigenvalue weighted by molar-refractivity contribution is -0.131. The summed E-state index contributed by atoms with van der Waals surface area (Å²) in [6.45, 7) is 1.34. The maximum absolute atomic E-state index is 12.0. The molecule has 1 unspecified atom stereocenters. The first-order valence-corrected chi connectivity index (χ1v) is 8.30. The highest BCUT2D eigenvalue weighted by molar-refractivity contribution is 9.18. The first-order valence-electron chi connectivity index (χ1n) is 6.98. The fraction of sp³-hybridized carbons (Fsp3) is 0.538. The third-order valence-corrected chi connectivity index (χ3v) is 4.10. The van der Waals surface area contributed by atoms with Gasteiger partial charge >= 0.3 is 0 Å². The van der Waals surface area contributed by atoms with Crippen LogP contribution in [0.25, 0.3) is 0 Å². The van der Waals surface area contributed by atoms with Crippen molar-refractivity contribution in [3.63, 3.8) is 0 Å². The molecule has 120 valence electrons. The second kappa shape index (κ2) is 7.73. The molecule has 1 aliphatic heterocycles. The Labute approximate surface area is 142 Å². The van der Waals surface area contributed by atoms with Crippen molar-refractivity contribution in [2.45, 2.75) is 25.3 Å². The minimum atomic E-state index is 0.0629. The van der Waals surface area contributed by atoms with Gasteiger partial charge < -0.3 is 16.0 Å². The van der Waals surface area contributed by atoms with Crippen LogP contribution in [0.15, 0.2) is 6.33 Å². The highest BCUT2D eigenvalue weighted by Gasteiger charge is 2.24. The van der Waals surface area contributed by atoms with E-state index >= 15 is 0 Å². The third-order valence-electron chi connectivity index (χ3n) is 3.52. The topological polar surface area (TPSA) is 108 Å². The highest BCUT2D eigenvalue weighted by atomic mass is 79.9. The van der Waals surface area contributed by atoms with Crippen LogP contribution in [0.5, 0.6) is 0 Å². The number of nitrogens with zero attached hydrogens (tertiary/aromatic N) is 3. The van der Waals surface area contributed by atoms with Crippen molar-refractivity contribution in [3.05, 3.63) is 11.9 Å². The lowest BCUT2D eigenvalue weighted by Gasteiger charge is -2.33. The maximum Gasteiger partial charge on any atom is 0.223 e. The molecule has 22 heavy (non-hydrogen) atoms. The van der Waals surface area contributed by atoms with Crippen LogP contribution in [0.4, 0.5) is 11.6 Å². The molecule has 2 rings (SSSR count). The lowest BCUT2D eigenvalue weighted by atomic mass is 10.0. The average molecular weight is 390 g/mol. The maximum atomic E-state index is 12.0. The number of hydrogen-bond acceptors (Lipinski definition) is 6. The van der Waals surface area contributed by atoms with Crippen LogP contribution in [-0.4, -0.2) is 50.4 Å². The van der Waals surface area contributed by atoms with E-state index in [1.54, 1.807) is 0 Å². The summed E-state index contributed by atoms with van der Waals surface area (Å²) in [5, 5.41) is 11.0. The zero-order valence-electron chi connectivity index (χ0n) is 12.0. The zero-order chi connectivity index (χ0) is 16.1. The molecule has 7 nitrogen and oxygen atoms in total. The number of amides is 1. The Balaban J connectivity index is 2.09. The second-order valence-electron chi connectivity index (χ2n) is 5.06. The van der Waals surface area contributed by atoms with E-state index < -0.39 is 0 Å². The van der Waals surface area contributed by atoms with Gasteiger partial charge in [-0.2, -0.15) is 0 Å². The molecule has 0 bridgehead atoms. The predicted molar refractivity (Wildman–Crippen MR) is 90.8 cm³/mol. The molecule has 9 heteroatoms. The minimum Gasteiger partial charge on any atom is -0.383 e. The molecule has 0 spiro atoms. The molecule has 0 saturated carbocycles. The number of aromatic nitrogens is 2. The van der Waals surface area contributed by atoms with Gasteiger partial charge in [0.15, 0.2) is 0 Å². The molecule has 1 atom stereocenters. The molecule has 1 aliphatic rings. The van der Waals surface area contributed by atoms with E-state index in [9.17, 15) is 4.79 Å². The third kappa shape index (κ3) is 4.07. The summed E-state index contributed by atoms with van der Waals surface area (Å²) in [4.78, 5) is 21.8. The molecular weight excluding hydrogens is 372 g/mol. The standard InChI is InChI=1S/C13H18BrClN6O/c14-11(16)10-12(17)18-7-19-13(10)20-8-2-1-5-21(6-8)9(22)3-4-15/h7-8,16H,1-6H2,(H3,17,18,19,20). The molecule has 1 saturated heterocycles. The fourth-order valence-electron chi connectivity index (χ4n) is 2.48. The Morgan fingerprint density at radius 3 is 3.05 bits per heavy atom. The van der Waals surface area contributed by atoms with Crippen molar-refractivity contribution in [1.29, 1.82) is 5.41 Å². The number of nitrogens with one attached hydrogen (secondary N) is 2. The first kappa shape index (κ1) is 17.0. The number of carbonyl (C=O) groups is 1. The normalized spacial score (nSPS) is 18.1. The van der Waals surface area contributed by atoms with E-state index in [2.05, 4.69) is 31.2 Å². The molecule has 2 heterocycles. The second-order valence-corrected chi connectivity index (χ2v) is 6.23. The Bertz CT molecular complexity index is 569. The molecular formula is C13H18BrClN6O. The molecule has 4 N–H and O–H groups in total. The van der Waals surface area contributed by atoms with Gasteiger partial charge in [-0.15, -0.1) is 11.6 Å². The minimum absolute atomic E-state index is 0.0629. The molecule has 1 aromatic rings.